The van der Waals surface area contributed by atoms with Gasteiger partial charge in [0.15, 0.2) is 5.78 Å². The highest BCUT2D eigenvalue weighted by Crippen LogP contribution is 2.56. The number of amides is 1. The summed E-state index contributed by atoms with van der Waals surface area (Å²) in [5, 5.41) is 11.0. The van der Waals surface area contributed by atoms with Crippen LogP contribution in [0, 0.1) is 11.3 Å². The van der Waals surface area contributed by atoms with Crippen molar-refractivity contribution in [1.82, 2.24) is 0 Å². The highest BCUT2D eigenvalue weighted by Gasteiger charge is 2.62. The molecule has 2 aromatic carbocycles. The number of anilines is 2. The fraction of sp³-hybridized carbons (Fsp3) is 0.269. The van der Waals surface area contributed by atoms with E-state index in [1.807, 2.05) is 31.2 Å². The van der Waals surface area contributed by atoms with E-state index in [1.165, 1.54) is 0 Å². The van der Waals surface area contributed by atoms with E-state index in [0.29, 0.717) is 53.4 Å². The van der Waals surface area contributed by atoms with Gasteiger partial charge in [-0.3, -0.25) is 14.5 Å². The summed E-state index contributed by atoms with van der Waals surface area (Å²) in [6, 6.07) is 16.8. The van der Waals surface area contributed by atoms with Crippen LogP contribution in [0.25, 0.3) is 0 Å². The number of ketones is 1. The first-order valence-corrected chi connectivity index (χ1v) is 11.5. The number of hydrogen-bond acceptors (Lipinski definition) is 5. The molecule has 2 aromatic rings. The summed E-state index contributed by atoms with van der Waals surface area (Å²) in [5.41, 5.74) is 8.42. The second-order valence-corrected chi connectivity index (χ2v) is 8.94. The Labute approximate surface area is 197 Å². The lowest BCUT2D eigenvalue weighted by molar-refractivity contribution is -0.124. The Bertz CT molecular complexity index is 1290. The molecule has 0 aromatic heterocycles. The monoisotopic (exact) mass is 458 g/mol. The quantitative estimate of drug-likeness (QED) is 0.728. The standard InChI is InChI=1S/C26H23ClN4O2/c1-2-14-30-20-7-4-3-6-18(20)26(25(30)33)19(15-28)24(29)31(17-12-10-16(27)11-13-17)21-8-5-9-22(32)23(21)26/h3-4,6-7,10-13H,2,5,8-9,14,29H2,1H3. The lowest BCUT2D eigenvalue weighted by atomic mass is 9.64. The Hall–Kier alpha value is -3.56. The number of fused-ring (bicyclic) bond motifs is 3. The molecule has 1 unspecified atom stereocenters. The molecule has 1 amide bonds. The molecule has 1 spiro atoms. The molecule has 2 heterocycles. The van der Waals surface area contributed by atoms with Crippen LogP contribution >= 0.6 is 11.6 Å². The molecule has 0 saturated carbocycles. The summed E-state index contributed by atoms with van der Waals surface area (Å²) in [5.74, 6) is -0.213. The van der Waals surface area contributed by atoms with Crippen molar-refractivity contribution in [2.45, 2.75) is 38.0 Å². The average Bonchev–Trinajstić information content (AvgIpc) is 3.05. The number of allylic oxidation sites excluding steroid dienone is 1. The van der Waals surface area contributed by atoms with Gasteiger partial charge < -0.3 is 10.6 Å². The van der Waals surface area contributed by atoms with E-state index in [9.17, 15) is 14.9 Å². The lowest BCUT2D eigenvalue weighted by Crippen LogP contribution is -2.52. The molecule has 1 atom stereocenters. The molecule has 1 aliphatic carbocycles. The zero-order valence-electron chi connectivity index (χ0n) is 18.3. The number of halogens is 1. The van der Waals surface area contributed by atoms with Gasteiger partial charge >= 0.3 is 0 Å². The number of benzene rings is 2. The predicted molar refractivity (Wildman–Crippen MR) is 127 cm³/mol. The number of Topliss-reactive ketones (excluding diaryl/α,β-unsaturated/α-hetero) is 1. The number of nitriles is 1. The third-order valence-corrected chi connectivity index (χ3v) is 6.96. The Balaban J connectivity index is 1.87. The normalized spacial score (nSPS) is 22.1. The predicted octanol–water partition coefficient (Wildman–Crippen LogP) is 4.56. The van der Waals surface area contributed by atoms with Crippen molar-refractivity contribution in [3.63, 3.8) is 0 Å². The van der Waals surface area contributed by atoms with Crippen LogP contribution in [0.15, 0.2) is 71.2 Å². The van der Waals surface area contributed by atoms with Gasteiger partial charge in [0.2, 0.25) is 5.91 Å². The number of rotatable bonds is 3. The molecule has 2 N–H and O–H groups in total. The van der Waals surface area contributed by atoms with Gasteiger partial charge in [0.05, 0.1) is 5.57 Å². The van der Waals surface area contributed by atoms with E-state index in [-0.39, 0.29) is 23.1 Å². The van der Waals surface area contributed by atoms with Crippen molar-refractivity contribution in [1.29, 1.82) is 5.26 Å². The summed E-state index contributed by atoms with van der Waals surface area (Å²) in [4.78, 5) is 31.2. The molecule has 5 rings (SSSR count). The van der Waals surface area contributed by atoms with Gasteiger partial charge in [0.25, 0.3) is 0 Å². The maximum absolute atomic E-state index is 14.2. The van der Waals surface area contributed by atoms with Crippen LogP contribution in [0.3, 0.4) is 0 Å². The van der Waals surface area contributed by atoms with Gasteiger partial charge in [-0.1, -0.05) is 36.7 Å². The van der Waals surface area contributed by atoms with E-state index in [0.717, 1.165) is 12.1 Å². The molecule has 7 heteroatoms. The summed E-state index contributed by atoms with van der Waals surface area (Å²) >= 11 is 6.09. The maximum Gasteiger partial charge on any atom is 0.247 e. The first-order valence-electron chi connectivity index (χ1n) is 11.1. The minimum Gasteiger partial charge on any atom is -0.384 e. The molecule has 3 aliphatic rings. The van der Waals surface area contributed by atoms with E-state index in [4.69, 9.17) is 17.3 Å². The Morgan fingerprint density at radius 2 is 1.85 bits per heavy atom. The van der Waals surface area contributed by atoms with Crippen molar-refractivity contribution >= 4 is 34.7 Å². The van der Waals surface area contributed by atoms with Gasteiger partial charge in [0.1, 0.15) is 17.3 Å². The third-order valence-electron chi connectivity index (χ3n) is 6.71. The second-order valence-electron chi connectivity index (χ2n) is 8.51. The number of carbonyl (C=O) groups is 2. The highest BCUT2D eigenvalue weighted by molar-refractivity contribution is 6.30. The smallest absolute Gasteiger partial charge is 0.247 e. The van der Waals surface area contributed by atoms with Crippen LogP contribution in [0.4, 0.5) is 11.4 Å². The van der Waals surface area contributed by atoms with Crippen LogP contribution in [-0.4, -0.2) is 18.2 Å². The number of hydrogen-bond donors (Lipinski definition) is 1. The first kappa shape index (κ1) is 21.3. The van der Waals surface area contributed by atoms with Gasteiger partial charge in [-0.05, 0) is 49.6 Å². The third kappa shape index (κ3) is 2.79. The minimum atomic E-state index is -1.51. The zero-order chi connectivity index (χ0) is 23.3. The van der Waals surface area contributed by atoms with Crippen molar-refractivity contribution < 1.29 is 9.59 Å². The van der Waals surface area contributed by atoms with E-state index >= 15 is 0 Å². The van der Waals surface area contributed by atoms with Crippen LogP contribution in [-0.2, 0) is 15.0 Å². The fourth-order valence-corrected chi connectivity index (χ4v) is 5.58. The van der Waals surface area contributed by atoms with Crippen molar-refractivity contribution in [2.75, 3.05) is 16.3 Å². The fourth-order valence-electron chi connectivity index (χ4n) is 5.46. The Morgan fingerprint density at radius 3 is 2.55 bits per heavy atom. The van der Waals surface area contributed by atoms with Gasteiger partial charge in [-0.2, -0.15) is 5.26 Å². The average molecular weight is 459 g/mol. The van der Waals surface area contributed by atoms with Crippen molar-refractivity contribution in [3.8, 4) is 6.07 Å². The van der Waals surface area contributed by atoms with E-state index in [2.05, 4.69) is 6.07 Å². The lowest BCUT2D eigenvalue weighted by Gasteiger charge is -2.43. The van der Waals surface area contributed by atoms with Gasteiger partial charge in [0, 0.05) is 46.2 Å². The minimum absolute atomic E-state index is 0.0995. The molecular formula is C26H23ClN4O2. The number of para-hydroxylation sites is 1. The number of carbonyl (C=O) groups excluding carboxylic acids is 2. The molecule has 166 valence electrons. The summed E-state index contributed by atoms with van der Waals surface area (Å²) in [6.45, 7) is 2.49. The van der Waals surface area contributed by atoms with Gasteiger partial charge in [-0.15, -0.1) is 0 Å². The second kappa shape index (κ2) is 7.79. The van der Waals surface area contributed by atoms with Gasteiger partial charge in [-0.25, -0.2) is 0 Å². The van der Waals surface area contributed by atoms with Crippen molar-refractivity contribution in [2.24, 2.45) is 5.73 Å². The molecule has 0 fully saturated rings. The Morgan fingerprint density at radius 1 is 1.12 bits per heavy atom. The number of nitrogens with two attached hydrogens (primary N) is 1. The summed E-state index contributed by atoms with van der Waals surface area (Å²) in [7, 11) is 0. The molecule has 0 radical (unpaired) electrons. The molecule has 6 nitrogen and oxygen atoms in total. The molecule has 0 saturated heterocycles. The number of nitrogens with zero attached hydrogens (tertiary/aromatic N) is 3. The first-order chi connectivity index (χ1) is 16.0. The topological polar surface area (TPSA) is 90.4 Å². The highest BCUT2D eigenvalue weighted by atomic mass is 35.5. The van der Waals surface area contributed by atoms with E-state index < -0.39 is 5.41 Å². The van der Waals surface area contributed by atoms with Crippen molar-refractivity contribution in [3.05, 3.63) is 81.8 Å². The van der Waals surface area contributed by atoms with Crippen LogP contribution in [0.2, 0.25) is 5.02 Å². The molecule has 0 bridgehead atoms. The molecule has 2 aliphatic heterocycles. The largest absolute Gasteiger partial charge is 0.384 e. The van der Waals surface area contributed by atoms with Crippen LogP contribution < -0.4 is 15.5 Å². The summed E-state index contributed by atoms with van der Waals surface area (Å²) < 4.78 is 0. The molecular weight excluding hydrogens is 436 g/mol. The van der Waals surface area contributed by atoms with Crippen LogP contribution in [0.1, 0.15) is 38.2 Å². The summed E-state index contributed by atoms with van der Waals surface area (Å²) in [6.07, 6.45) is 2.31. The van der Waals surface area contributed by atoms with Crippen LogP contribution in [0.5, 0.6) is 0 Å². The SMILES string of the molecule is CCCN1C(=O)C2(C(C#N)=C(N)N(c3ccc(Cl)cc3)C3=C2C(=O)CCC3)c2ccccc21. The maximum atomic E-state index is 14.2. The molecule has 33 heavy (non-hydrogen) atoms. The Kier molecular flexibility index (Phi) is 5.02. The zero-order valence-corrected chi connectivity index (χ0v) is 19.0. The van der Waals surface area contributed by atoms with E-state index in [1.54, 1.807) is 34.1 Å².